The first-order valence-corrected chi connectivity index (χ1v) is 7.82. The van der Waals surface area contributed by atoms with Crippen LogP contribution < -0.4 is 5.32 Å². The fraction of sp³-hybridized carbons (Fsp3) is 0.429. The van der Waals surface area contributed by atoms with Gasteiger partial charge >= 0.3 is 12.2 Å². The minimum absolute atomic E-state index is 0.131. The first-order chi connectivity index (χ1) is 10.1. The Balaban J connectivity index is 1.92. The van der Waals surface area contributed by atoms with E-state index in [4.69, 9.17) is 4.74 Å². The number of nitrogens with one attached hydrogen (secondary N) is 1. The number of carbonyl (C=O) groups is 2. The van der Waals surface area contributed by atoms with E-state index in [0.717, 1.165) is 12.0 Å². The Morgan fingerprint density at radius 1 is 1.38 bits per heavy atom. The summed E-state index contributed by atoms with van der Waals surface area (Å²) in [4.78, 5) is 25.0. The largest absolute Gasteiger partial charge is 0.453 e. The Kier molecular flexibility index (Phi) is 5.66. The van der Waals surface area contributed by atoms with Crippen molar-refractivity contribution in [3.05, 3.63) is 35.9 Å². The van der Waals surface area contributed by atoms with Gasteiger partial charge in [-0.15, -0.1) is 0 Å². The van der Waals surface area contributed by atoms with Crippen LogP contribution in [-0.2, 0) is 16.1 Å². The number of nitrogens with zero attached hydrogens (tertiary/aromatic N) is 1. The molecule has 0 radical (unpaired) electrons. The quantitative estimate of drug-likeness (QED) is 0.621. The van der Waals surface area contributed by atoms with Crippen LogP contribution in [0.3, 0.4) is 0 Å². The van der Waals surface area contributed by atoms with Crippen molar-refractivity contribution in [1.82, 2.24) is 10.2 Å². The second kappa shape index (κ2) is 7.48. The minimum Gasteiger partial charge on any atom is -0.453 e. The van der Waals surface area contributed by atoms with Gasteiger partial charge in [-0.3, -0.25) is 10.2 Å². The molecule has 7 heteroatoms. The molecule has 1 saturated heterocycles. The van der Waals surface area contributed by atoms with E-state index in [9.17, 15) is 9.59 Å². The molecule has 0 saturated carbocycles. The van der Waals surface area contributed by atoms with Crippen LogP contribution in [-0.4, -0.2) is 40.8 Å². The lowest BCUT2D eigenvalue weighted by molar-refractivity contribution is 0.0857. The van der Waals surface area contributed by atoms with Crippen molar-refractivity contribution in [3.8, 4) is 0 Å². The summed E-state index contributed by atoms with van der Waals surface area (Å²) in [6.45, 7) is 0.767. The third-order valence-corrected chi connectivity index (χ3v) is 4.52. The number of alkyl halides is 1. The van der Waals surface area contributed by atoms with Crippen molar-refractivity contribution in [3.63, 3.8) is 0 Å². The molecule has 0 spiro atoms. The molecule has 0 unspecified atom stereocenters. The van der Waals surface area contributed by atoms with Gasteiger partial charge in [0.05, 0.1) is 11.0 Å². The number of methoxy groups -OCH3 is 1. The summed E-state index contributed by atoms with van der Waals surface area (Å²) in [6.07, 6.45) is -0.583. The fourth-order valence-corrected chi connectivity index (χ4v) is 2.96. The molecule has 2 rings (SSSR count). The highest BCUT2D eigenvalue weighted by Gasteiger charge is 2.37. The predicted molar refractivity (Wildman–Crippen MR) is 85.1 cm³/mol. The van der Waals surface area contributed by atoms with E-state index in [0.29, 0.717) is 6.54 Å². The molecule has 2 atom stereocenters. The van der Waals surface area contributed by atoms with Crippen LogP contribution in [0.2, 0.25) is 0 Å². The summed E-state index contributed by atoms with van der Waals surface area (Å²) in [5.74, 6) is 0. The van der Waals surface area contributed by atoms with Gasteiger partial charge in [-0.25, -0.2) is 9.59 Å². The van der Waals surface area contributed by atoms with Crippen LogP contribution >= 0.6 is 22.6 Å². The summed E-state index contributed by atoms with van der Waals surface area (Å²) >= 11 is 2.21. The molecular weight excluding hydrogens is 387 g/mol. The fourth-order valence-electron chi connectivity index (χ4n) is 2.11. The molecule has 1 N–H and O–H groups in total. The van der Waals surface area contributed by atoms with Crippen LogP contribution in [0.15, 0.2) is 30.3 Å². The van der Waals surface area contributed by atoms with Gasteiger partial charge in [-0.1, -0.05) is 52.9 Å². The third kappa shape index (κ3) is 4.23. The van der Waals surface area contributed by atoms with E-state index in [1.807, 2.05) is 30.3 Å². The number of hydrogen-bond acceptors (Lipinski definition) is 4. The van der Waals surface area contributed by atoms with Gasteiger partial charge in [0.15, 0.2) is 0 Å². The van der Waals surface area contributed by atoms with Crippen molar-refractivity contribution in [1.29, 1.82) is 0 Å². The van der Waals surface area contributed by atoms with Gasteiger partial charge in [-0.05, 0) is 12.0 Å². The second-order valence-electron chi connectivity index (χ2n) is 4.62. The number of hydrogen-bond donors (Lipinski definition) is 1. The van der Waals surface area contributed by atoms with E-state index in [2.05, 4.69) is 32.6 Å². The summed E-state index contributed by atoms with van der Waals surface area (Å²) in [7, 11) is 1.30. The number of rotatable bonds is 3. The van der Waals surface area contributed by atoms with E-state index < -0.39 is 18.4 Å². The normalized spacial score (nSPS) is 21.0. The highest BCUT2D eigenvalue weighted by Crippen LogP contribution is 2.24. The number of carbonyl (C=O) groups excluding carboxylic acids is 2. The Hall–Kier alpha value is -1.51. The van der Waals surface area contributed by atoms with Crippen molar-refractivity contribution < 1.29 is 19.1 Å². The highest BCUT2D eigenvalue weighted by molar-refractivity contribution is 14.1. The number of likely N-dealkylation sites (tertiary alicyclic amines) is 1. The standard InChI is InChI=1S/C14H17IN2O4/c1-20-13(18)16-12-11(15)7-8-17(12)14(19)21-9-10-5-3-2-4-6-10/h2-6,11-12H,7-9H2,1H3,(H,16,18)/t11-,12-/m0/s1. The van der Waals surface area contributed by atoms with Crippen LogP contribution in [0, 0.1) is 0 Å². The molecule has 1 aromatic carbocycles. The molecule has 0 aliphatic carbocycles. The van der Waals surface area contributed by atoms with Gasteiger partial charge < -0.3 is 9.47 Å². The van der Waals surface area contributed by atoms with E-state index >= 15 is 0 Å². The monoisotopic (exact) mass is 404 g/mol. The van der Waals surface area contributed by atoms with Crippen LogP contribution in [0.1, 0.15) is 12.0 Å². The molecule has 1 aliphatic heterocycles. The van der Waals surface area contributed by atoms with E-state index in [-0.39, 0.29) is 10.5 Å². The second-order valence-corrected chi connectivity index (χ2v) is 6.22. The minimum atomic E-state index is -0.551. The SMILES string of the molecule is COC(=O)N[C@@H]1[C@@H](I)CCN1C(=O)OCc1ccccc1. The topological polar surface area (TPSA) is 67.9 Å². The van der Waals surface area contributed by atoms with Crippen LogP contribution in [0.5, 0.6) is 0 Å². The van der Waals surface area contributed by atoms with Crippen LogP contribution in [0.4, 0.5) is 9.59 Å². The van der Waals surface area contributed by atoms with Gasteiger partial charge in [0.25, 0.3) is 0 Å². The van der Waals surface area contributed by atoms with Crippen molar-refractivity contribution in [2.45, 2.75) is 23.1 Å². The number of amides is 2. The number of alkyl carbamates (subject to hydrolysis) is 1. The molecule has 6 nitrogen and oxygen atoms in total. The van der Waals surface area contributed by atoms with Gasteiger partial charge in [0.1, 0.15) is 12.8 Å². The smallest absolute Gasteiger partial charge is 0.411 e. The Labute approximate surface area is 136 Å². The molecular formula is C14H17IN2O4. The molecule has 114 valence electrons. The first kappa shape index (κ1) is 15.9. The molecule has 1 heterocycles. The van der Waals surface area contributed by atoms with Gasteiger partial charge in [0, 0.05) is 6.54 Å². The maximum absolute atomic E-state index is 12.2. The van der Waals surface area contributed by atoms with Crippen molar-refractivity contribution >= 4 is 34.8 Å². The molecule has 0 bridgehead atoms. The van der Waals surface area contributed by atoms with E-state index in [1.54, 1.807) is 0 Å². The molecule has 1 aromatic rings. The average Bonchev–Trinajstić information content (AvgIpc) is 2.87. The van der Waals surface area contributed by atoms with Gasteiger partial charge in [-0.2, -0.15) is 0 Å². The summed E-state index contributed by atoms with van der Waals surface area (Å²) < 4.78 is 10.0. The molecule has 1 fully saturated rings. The Bertz CT molecular complexity index is 497. The van der Waals surface area contributed by atoms with E-state index in [1.165, 1.54) is 12.0 Å². The summed E-state index contributed by atoms with van der Waals surface area (Å²) in [5, 5.41) is 2.66. The van der Waals surface area contributed by atoms with Gasteiger partial charge in [0.2, 0.25) is 0 Å². The Morgan fingerprint density at radius 3 is 2.76 bits per heavy atom. The van der Waals surface area contributed by atoms with Crippen molar-refractivity contribution in [2.24, 2.45) is 0 Å². The zero-order valence-electron chi connectivity index (χ0n) is 11.6. The Morgan fingerprint density at radius 2 is 2.10 bits per heavy atom. The molecule has 0 aromatic heterocycles. The number of halogens is 1. The van der Waals surface area contributed by atoms with Crippen molar-refractivity contribution in [2.75, 3.05) is 13.7 Å². The predicted octanol–water partition coefficient (Wildman–Crippen LogP) is 2.51. The molecule has 2 amide bonds. The lowest BCUT2D eigenvalue weighted by atomic mass is 10.2. The zero-order valence-corrected chi connectivity index (χ0v) is 13.8. The summed E-state index contributed by atoms with van der Waals surface area (Å²) in [5.41, 5.74) is 0.925. The highest BCUT2D eigenvalue weighted by atomic mass is 127. The maximum atomic E-state index is 12.2. The first-order valence-electron chi connectivity index (χ1n) is 6.57. The lowest BCUT2D eigenvalue weighted by Gasteiger charge is -2.25. The lowest BCUT2D eigenvalue weighted by Crippen LogP contribution is -2.50. The van der Waals surface area contributed by atoms with Crippen LogP contribution in [0.25, 0.3) is 0 Å². The third-order valence-electron chi connectivity index (χ3n) is 3.21. The number of benzene rings is 1. The molecule has 21 heavy (non-hydrogen) atoms. The average molecular weight is 404 g/mol. The molecule has 1 aliphatic rings. The maximum Gasteiger partial charge on any atom is 0.411 e. The number of ether oxygens (including phenoxy) is 2. The summed E-state index contributed by atoms with van der Waals surface area (Å²) in [6, 6.07) is 9.47. The zero-order chi connectivity index (χ0) is 15.2.